The van der Waals surface area contributed by atoms with E-state index in [0.717, 1.165) is 25.2 Å². The number of hydrogen-bond donors (Lipinski definition) is 1. The van der Waals surface area contributed by atoms with Gasteiger partial charge in [-0.15, -0.1) is 0 Å². The van der Waals surface area contributed by atoms with E-state index in [1.807, 2.05) is 0 Å². The molecule has 1 saturated heterocycles. The van der Waals surface area contributed by atoms with Gasteiger partial charge in [0, 0.05) is 18.7 Å². The average molecular weight is 275 g/mol. The van der Waals surface area contributed by atoms with Crippen LogP contribution in [-0.4, -0.2) is 46.4 Å². The van der Waals surface area contributed by atoms with E-state index in [1.54, 1.807) is 24.3 Å². The molecule has 0 radical (unpaired) electrons. The molecule has 0 bridgehead atoms. The van der Waals surface area contributed by atoms with Crippen molar-refractivity contribution in [1.29, 1.82) is 0 Å². The minimum atomic E-state index is -0.140. The van der Waals surface area contributed by atoms with Gasteiger partial charge in [-0.25, -0.2) is 0 Å². The van der Waals surface area contributed by atoms with Crippen molar-refractivity contribution in [1.82, 2.24) is 15.0 Å². The highest BCUT2D eigenvalue weighted by atomic mass is 16.5. The first-order valence-electron chi connectivity index (χ1n) is 6.73. The van der Waals surface area contributed by atoms with Gasteiger partial charge in [-0.2, -0.15) is 4.98 Å². The fraction of sp³-hybridized carbons (Fsp3) is 0.429. The number of nitrogens with zero attached hydrogens (tertiary/aromatic N) is 3. The normalized spacial score (nSPS) is 20.1. The Morgan fingerprint density at radius 2 is 2.15 bits per heavy atom. The van der Waals surface area contributed by atoms with Gasteiger partial charge in [-0.05, 0) is 30.8 Å². The largest absolute Gasteiger partial charge is 0.508 e. The number of morpholine rings is 1. The maximum Gasteiger partial charge on any atom is 0.258 e. The number of phenolic OH excluding ortho intramolecular Hbond substituents is 1. The molecule has 0 spiro atoms. The molecule has 1 aliphatic heterocycles. The number of rotatable bonds is 3. The molecule has 1 aliphatic rings. The third-order valence-corrected chi connectivity index (χ3v) is 3.44. The molecule has 6 heteroatoms. The van der Waals surface area contributed by atoms with Gasteiger partial charge in [0.2, 0.25) is 5.82 Å². The van der Waals surface area contributed by atoms with Crippen LogP contribution in [0.25, 0.3) is 11.5 Å². The van der Waals surface area contributed by atoms with Crippen LogP contribution in [0.4, 0.5) is 0 Å². The molecule has 0 saturated carbocycles. The zero-order valence-electron chi connectivity index (χ0n) is 11.3. The lowest BCUT2D eigenvalue weighted by molar-refractivity contribution is -0.0334. The summed E-state index contributed by atoms with van der Waals surface area (Å²) in [4.78, 5) is 6.69. The third-order valence-electron chi connectivity index (χ3n) is 3.44. The summed E-state index contributed by atoms with van der Waals surface area (Å²) in [6.07, 6.45) is -0.140. The van der Waals surface area contributed by atoms with Crippen molar-refractivity contribution in [2.24, 2.45) is 0 Å². The Bertz CT molecular complexity index is 567. The van der Waals surface area contributed by atoms with Gasteiger partial charge in [-0.1, -0.05) is 12.1 Å². The Morgan fingerprint density at radius 1 is 1.35 bits per heavy atom. The zero-order chi connectivity index (χ0) is 13.9. The van der Waals surface area contributed by atoms with E-state index in [1.165, 1.54) is 0 Å². The summed E-state index contributed by atoms with van der Waals surface area (Å²) < 4.78 is 11.0. The molecule has 2 heterocycles. The van der Waals surface area contributed by atoms with Crippen LogP contribution in [0.5, 0.6) is 5.75 Å². The van der Waals surface area contributed by atoms with E-state index in [9.17, 15) is 5.11 Å². The summed E-state index contributed by atoms with van der Waals surface area (Å²) in [5.41, 5.74) is 0.782. The third kappa shape index (κ3) is 2.66. The van der Waals surface area contributed by atoms with E-state index in [-0.39, 0.29) is 11.9 Å². The van der Waals surface area contributed by atoms with Crippen LogP contribution < -0.4 is 0 Å². The molecule has 6 nitrogen and oxygen atoms in total. The molecule has 1 N–H and O–H groups in total. The van der Waals surface area contributed by atoms with E-state index in [0.29, 0.717) is 18.3 Å². The van der Waals surface area contributed by atoms with E-state index >= 15 is 0 Å². The second-order valence-corrected chi connectivity index (χ2v) is 4.76. The van der Waals surface area contributed by atoms with Crippen molar-refractivity contribution in [2.45, 2.75) is 13.0 Å². The van der Waals surface area contributed by atoms with Crippen LogP contribution >= 0.6 is 0 Å². The number of likely N-dealkylation sites (N-methyl/N-ethyl adjacent to an activating group) is 1. The molecule has 1 aromatic carbocycles. The van der Waals surface area contributed by atoms with Gasteiger partial charge in [0.05, 0.1) is 6.61 Å². The van der Waals surface area contributed by atoms with Gasteiger partial charge in [-0.3, -0.25) is 4.90 Å². The molecule has 0 aliphatic carbocycles. The summed E-state index contributed by atoms with van der Waals surface area (Å²) in [5.74, 6) is 1.23. The first-order valence-corrected chi connectivity index (χ1v) is 6.73. The van der Waals surface area contributed by atoms with Gasteiger partial charge in [0.15, 0.2) is 0 Å². The van der Waals surface area contributed by atoms with Crippen LogP contribution in [0.3, 0.4) is 0 Å². The first kappa shape index (κ1) is 13.1. The lowest BCUT2D eigenvalue weighted by atomic mass is 10.2. The highest BCUT2D eigenvalue weighted by molar-refractivity contribution is 5.54. The molecule has 3 rings (SSSR count). The highest BCUT2D eigenvalue weighted by Crippen LogP contribution is 2.24. The van der Waals surface area contributed by atoms with Crippen molar-refractivity contribution in [2.75, 3.05) is 26.2 Å². The van der Waals surface area contributed by atoms with E-state index in [2.05, 4.69) is 22.0 Å². The predicted molar refractivity (Wildman–Crippen MR) is 72.2 cm³/mol. The minimum Gasteiger partial charge on any atom is -0.508 e. The number of aromatic hydroxyl groups is 1. The van der Waals surface area contributed by atoms with Crippen LogP contribution in [0.2, 0.25) is 0 Å². The maximum absolute atomic E-state index is 9.28. The molecule has 106 valence electrons. The monoisotopic (exact) mass is 275 g/mol. The summed E-state index contributed by atoms with van der Waals surface area (Å²) in [7, 11) is 0. The second-order valence-electron chi connectivity index (χ2n) is 4.76. The lowest BCUT2D eigenvalue weighted by Crippen LogP contribution is -2.38. The SMILES string of the molecule is CCN1CCOC(c2noc(-c3ccc(O)cc3)n2)C1. The minimum absolute atomic E-state index is 0.140. The number of phenols is 1. The summed E-state index contributed by atoms with van der Waals surface area (Å²) in [6.45, 7) is 5.52. The molecular weight excluding hydrogens is 258 g/mol. The zero-order valence-corrected chi connectivity index (χ0v) is 11.3. The van der Waals surface area contributed by atoms with Gasteiger partial charge >= 0.3 is 0 Å². The van der Waals surface area contributed by atoms with Crippen LogP contribution in [0.1, 0.15) is 18.9 Å². The van der Waals surface area contributed by atoms with Gasteiger partial charge < -0.3 is 14.4 Å². The lowest BCUT2D eigenvalue weighted by Gasteiger charge is -2.30. The highest BCUT2D eigenvalue weighted by Gasteiger charge is 2.25. The number of hydrogen-bond acceptors (Lipinski definition) is 6. The Kier molecular flexibility index (Phi) is 3.66. The first-order chi connectivity index (χ1) is 9.76. The Morgan fingerprint density at radius 3 is 2.90 bits per heavy atom. The van der Waals surface area contributed by atoms with E-state index in [4.69, 9.17) is 9.26 Å². The Hall–Kier alpha value is -1.92. The molecule has 1 fully saturated rings. The smallest absolute Gasteiger partial charge is 0.258 e. The second kappa shape index (κ2) is 5.60. The number of benzene rings is 1. The fourth-order valence-corrected chi connectivity index (χ4v) is 2.23. The van der Waals surface area contributed by atoms with Gasteiger partial charge in [0.1, 0.15) is 11.9 Å². The molecule has 20 heavy (non-hydrogen) atoms. The molecule has 0 amide bonds. The number of aromatic nitrogens is 2. The molecule has 2 aromatic rings. The topological polar surface area (TPSA) is 71.6 Å². The molecular formula is C14H17N3O3. The van der Waals surface area contributed by atoms with Crippen molar-refractivity contribution in [3.8, 4) is 17.2 Å². The predicted octanol–water partition coefficient (Wildman–Crippen LogP) is 1.84. The quantitative estimate of drug-likeness (QED) is 0.921. The van der Waals surface area contributed by atoms with Crippen LogP contribution in [0.15, 0.2) is 28.8 Å². The summed E-state index contributed by atoms with van der Waals surface area (Å²) >= 11 is 0. The Balaban J connectivity index is 1.78. The van der Waals surface area contributed by atoms with Crippen molar-refractivity contribution >= 4 is 0 Å². The maximum atomic E-state index is 9.28. The summed E-state index contributed by atoms with van der Waals surface area (Å²) in [5, 5.41) is 13.3. The van der Waals surface area contributed by atoms with Crippen molar-refractivity contribution in [3.05, 3.63) is 30.1 Å². The van der Waals surface area contributed by atoms with Crippen molar-refractivity contribution < 1.29 is 14.4 Å². The van der Waals surface area contributed by atoms with E-state index < -0.39 is 0 Å². The van der Waals surface area contributed by atoms with Crippen LogP contribution in [0, 0.1) is 0 Å². The van der Waals surface area contributed by atoms with Crippen molar-refractivity contribution in [3.63, 3.8) is 0 Å². The molecule has 1 unspecified atom stereocenters. The Labute approximate surface area is 117 Å². The van der Waals surface area contributed by atoms with Crippen LogP contribution in [-0.2, 0) is 4.74 Å². The molecule has 1 aromatic heterocycles. The van der Waals surface area contributed by atoms with Gasteiger partial charge in [0.25, 0.3) is 5.89 Å². The molecule has 1 atom stereocenters. The fourth-order valence-electron chi connectivity index (χ4n) is 2.23. The number of ether oxygens (including phenoxy) is 1. The standard InChI is InChI=1S/C14H17N3O3/c1-2-17-7-8-19-12(9-17)13-15-14(20-16-13)10-3-5-11(18)6-4-10/h3-6,12,18H,2,7-9H2,1H3. The average Bonchev–Trinajstić information content (AvgIpc) is 2.98. The summed E-state index contributed by atoms with van der Waals surface area (Å²) in [6, 6.07) is 6.67.